The van der Waals surface area contributed by atoms with Crippen molar-refractivity contribution in [1.82, 2.24) is 0 Å². The second kappa shape index (κ2) is 10.7. The lowest BCUT2D eigenvalue weighted by Gasteiger charge is -2.27. The van der Waals surface area contributed by atoms with Gasteiger partial charge in [0.25, 0.3) is 7.49 Å². The molecule has 2 nitrogen and oxygen atoms in total. The first-order valence-electron chi connectivity index (χ1n) is 9.96. The van der Waals surface area contributed by atoms with Crippen molar-refractivity contribution >= 4 is 35.0 Å². The summed E-state index contributed by atoms with van der Waals surface area (Å²) in [7, 11) is -3.19. The highest BCUT2D eigenvalue weighted by Gasteiger charge is 2.55. The molecule has 0 aliphatic rings. The first kappa shape index (κ1) is 24.5. The third kappa shape index (κ3) is 5.44. The summed E-state index contributed by atoms with van der Waals surface area (Å²) in [6.45, 7) is 0. The Labute approximate surface area is 197 Å². The SMILES string of the molecule is FC(F)(F)C(=Nc1ccccc1)O[P+](c1ccccc1)(c1ccccc1)c1ccccc1.[Cl-]. The van der Waals surface area contributed by atoms with Crippen LogP contribution in [0.5, 0.6) is 0 Å². The van der Waals surface area contributed by atoms with Gasteiger partial charge in [0.05, 0.1) is 5.69 Å². The first-order chi connectivity index (χ1) is 15.5. The average Bonchev–Trinajstić information content (AvgIpc) is 2.83. The normalized spacial score (nSPS) is 12.0. The van der Waals surface area contributed by atoms with Crippen molar-refractivity contribution in [3.05, 3.63) is 121 Å². The minimum absolute atomic E-state index is 0. The number of halogens is 4. The smallest absolute Gasteiger partial charge is 0.473 e. The molecule has 0 bridgehead atoms. The largest absolute Gasteiger partial charge is 1.00 e. The van der Waals surface area contributed by atoms with Crippen LogP contribution >= 0.6 is 7.49 Å². The van der Waals surface area contributed by atoms with Gasteiger partial charge >= 0.3 is 12.1 Å². The predicted octanol–water partition coefficient (Wildman–Crippen LogP) is 3.21. The van der Waals surface area contributed by atoms with Gasteiger partial charge in [-0.25, -0.2) is 4.99 Å². The van der Waals surface area contributed by atoms with E-state index in [1.165, 1.54) is 12.1 Å². The van der Waals surface area contributed by atoms with Gasteiger partial charge in [0.15, 0.2) is 0 Å². The third-order valence-electron chi connectivity index (χ3n) is 4.81. The van der Waals surface area contributed by atoms with E-state index in [0.717, 1.165) is 0 Å². The highest BCUT2D eigenvalue weighted by molar-refractivity contribution is 7.92. The highest BCUT2D eigenvalue weighted by Crippen LogP contribution is 2.57. The van der Waals surface area contributed by atoms with Crippen LogP contribution in [0.25, 0.3) is 0 Å². The molecular formula is C26H20ClF3NOP. The lowest BCUT2D eigenvalue weighted by molar-refractivity contribution is -0.0703. The minimum atomic E-state index is -4.78. The number of aliphatic imine (C=N–C) groups is 1. The van der Waals surface area contributed by atoms with Crippen molar-refractivity contribution < 1.29 is 30.1 Å². The van der Waals surface area contributed by atoms with Crippen molar-refractivity contribution in [2.75, 3.05) is 0 Å². The maximum absolute atomic E-state index is 14.2. The molecule has 0 radical (unpaired) electrons. The zero-order valence-electron chi connectivity index (χ0n) is 17.4. The van der Waals surface area contributed by atoms with Crippen molar-refractivity contribution in [1.29, 1.82) is 0 Å². The molecule has 4 aromatic rings. The van der Waals surface area contributed by atoms with Crippen LogP contribution in [0.15, 0.2) is 126 Å². The Kier molecular flexibility index (Phi) is 7.91. The quantitative estimate of drug-likeness (QED) is 0.242. The zero-order chi connectivity index (χ0) is 22.4. The van der Waals surface area contributed by atoms with Crippen LogP contribution in [0, 0.1) is 0 Å². The first-order valence-corrected chi connectivity index (χ1v) is 11.7. The van der Waals surface area contributed by atoms with Gasteiger partial charge in [0, 0.05) is 0 Å². The van der Waals surface area contributed by atoms with Gasteiger partial charge in [-0.1, -0.05) is 72.8 Å². The van der Waals surface area contributed by atoms with Gasteiger partial charge in [-0.3, -0.25) is 0 Å². The van der Waals surface area contributed by atoms with E-state index < -0.39 is 19.6 Å². The van der Waals surface area contributed by atoms with Gasteiger partial charge in [-0.15, -0.1) is 0 Å². The molecule has 33 heavy (non-hydrogen) atoms. The topological polar surface area (TPSA) is 21.6 Å². The monoisotopic (exact) mass is 485 g/mol. The average molecular weight is 486 g/mol. The summed E-state index contributed by atoms with van der Waals surface area (Å²) >= 11 is 0. The van der Waals surface area contributed by atoms with Crippen molar-refractivity contribution in [3.63, 3.8) is 0 Å². The van der Waals surface area contributed by atoms with Gasteiger partial charge in [-0.05, 0) is 48.5 Å². The highest BCUT2D eigenvalue weighted by atomic mass is 35.5. The van der Waals surface area contributed by atoms with Gasteiger partial charge in [0.2, 0.25) is 0 Å². The Bertz CT molecular complexity index is 1080. The van der Waals surface area contributed by atoms with E-state index in [9.17, 15) is 13.2 Å². The van der Waals surface area contributed by atoms with Crippen molar-refractivity contribution in [2.24, 2.45) is 4.99 Å². The molecule has 0 fully saturated rings. The molecule has 0 spiro atoms. The molecule has 4 rings (SSSR count). The van der Waals surface area contributed by atoms with E-state index in [0.29, 0.717) is 15.9 Å². The van der Waals surface area contributed by atoms with Crippen LogP contribution in [0.2, 0.25) is 0 Å². The fourth-order valence-corrected chi connectivity index (χ4v) is 6.79. The number of rotatable bonds is 5. The van der Waals surface area contributed by atoms with Crippen molar-refractivity contribution in [3.8, 4) is 0 Å². The van der Waals surface area contributed by atoms with E-state index in [-0.39, 0.29) is 18.1 Å². The maximum Gasteiger partial charge on any atom is 0.473 e. The molecule has 7 heteroatoms. The number of alkyl halides is 3. The Hall–Kier alpha value is -3.14. The maximum atomic E-state index is 14.2. The lowest BCUT2D eigenvalue weighted by Crippen LogP contribution is -3.00. The number of hydrogen-bond donors (Lipinski definition) is 0. The van der Waals surface area contributed by atoms with E-state index >= 15 is 0 Å². The van der Waals surface area contributed by atoms with E-state index in [4.69, 9.17) is 4.52 Å². The third-order valence-corrected chi connectivity index (χ3v) is 8.34. The summed E-state index contributed by atoms with van der Waals surface area (Å²) in [5.41, 5.74) is 0.173. The molecule has 0 aromatic heterocycles. The summed E-state index contributed by atoms with van der Waals surface area (Å²) in [6.07, 6.45) is -4.78. The van der Waals surface area contributed by atoms with Gasteiger partial charge in [-0.2, -0.15) is 13.2 Å². The molecule has 4 aromatic carbocycles. The van der Waals surface area contributed by atoms with E-state index in [1.54, 1.807) is 54.6 Å². The van der Waals surface area contributed by atoms with Crippen LogP contribution in [0.3, 0.4) is 0 Å². The number of hydrogen-bond acceptors (Lipinski definition) is 2. The molecule has 0 unspecified atom stereocenters. The molecule has 0 saturated heterocycles. The molecule has 0 N–H and O–H groups in total. The standard InChI is InChI=1S/C26H20F3NOP.ClH/c27-26(28,29)25(30-21-13-5-1-6-14-21)31-32(22-15-7-2-8-16-22,23-17-9-3-10-18-23)24-19-11-4-12-20-24;/h1-20H;1H/q+1;/p-1. The summed E-state index contributed by atoms with van der Waals surface area (Å²) in [5.74, 6) is -1.27. The fourth-order valence-electron chi connectivity index (χ4n) is 3.40. The number of nitrogens with zero attached hydrogens (tertiary/aromatic N) is 1. The lowest BCUT2D eigenvalue weighted by atomic mass is 10.3. The van der Waals surface area contributed by atoms with Crippen LogP contribution < -0.4 is 28.3 Å². The Morgan fingerprint density at radius 1 is 0.576 bits per heavy atom. The van der Waals surface area contributed by atoms with Crippen LogP contribution in [0.4, 0.5) is 18.9 Å². The molecular weight excluding hydrogens is 466 g/mol. The summed E-state index contributed by atoms with van der Waals surface area (Å²) in [5, 5.41) is 2.01. The Morgan fingerprint density at radius 2 is 0.909 bits per heavy atom. The summed E-state index contributed by atoms with van der Waals surface area (Å²) in [4.78, 5) is 3.89. The zero-order valence-corrected chi connectivity index (χ0v) is 19.0. The second-order valence-corrected chi connectivity index (χ2v) is 9.91. The van der Waals surface area contributed by atoms with Crippen LogP contribution in [-0.4, -0.2) is 12.1 Å². The molecule has 0 aliphatic heterocycles. The van der Waals surface area contributed by atoms with E-state index in [1.807, 2.05) is 54.6 Å². The second-order valence-electron chi connectivity index (χ2n) is 6.96. The van der Waals surface area contributed by atoms with Crippen LogP contribution in [0.1, 0.15) is 0 Å². The minimum Gasteiger partial charge on any atom is -1.00 e. The van der Waals surface area contributed by atoms with Crippen LogP contribution in [-0.2, 0) is 4.52 Å². The molecule has 0 amide bonds. The molecule has 0 saturated carbocycles. The number of benzene rings is 4. The summed E-state index contributed by atoms with van der Waals surface area (Å²) in [6, 6.07) is 35.2. The molecule has 0 heterocycles. The summed E-state index contributed by atoms with van der Waals surface area (Å²) < 4.78 is 48.8. The van der Waals surface area contributed by atoms with E-state index in [2.05, 4.69) is 4.99 Å². The molecule has 168 valence electrons. The predicted molar refractivity (Wildman–Crippen MR) is 126 cm³/mol. The Balaban J connectivity index is 0.00000306. The van der Waals surface area contributed by atoms with Gasteiger partial charge < -0.3 is 16.9 Å². The number of para-hydroxylation sites is 1. The van der Waals surface area contributed by atoms with Gasteiger partial charge in [0.1, 0.15) is 15.9 Å². The van der Waals surface area contributed by atoms with Crippen molar-refractivity contribution in [2.45, 2.75) is 6.18 Å². The fraction of sp³-hybridized carbons (Fsp3) is 0.0385. The molecule has 0 atom stereocenters. The molecule has 0 aliphatic carbocycles. The Morgan fingerprint density at radius 3 is 1.24 bits per heavy atom.